The van der Waals surface area contributed by atoms with Gasteiger partial charge in [0.2, 0.25) is 5.91 Å². The fourth-order valence-corrected chi connectivity index (χ4v) is 8.17. The Labute approximate surface area is 366 Å². The van der Waals surface area contributed by atoms with E-state index in [0.29, 0.717) is 23.9 Å². The number of phosphoric ester groups is 1. The molecule has 350 valence electrons. The lowest BCUT2D eigenvalue weighted by molar-refractivity contribution is -0.870. The van der Waals surface area contributed by atoms with Crippen LogP contribution in [-0.4, -0.2) is 73.4 Å². The van der Waals surface area contributed by atoms with Gasteiger partial charge in [0.05, 0.1) is 39.9 Å². The molecule has 3 atom stereocenters. The molecule has 0 radical (unpaired) electrons. The van der Waals surface area contributed by atoms with Gasteiger partial charge in [0.1, 0.15) is 13.2 Å². The Hall–Kier alpha value is -1.02. The van der Waals surface area contributed by atoms with E-state index >= 15 is 0 Å². The first-order chi connectivity index (χ1) is 28.5. The molecule has 0 fully saturated rings. The molecule has 0 aromatic heterocycles. The van der Waals surface area contributed by atoms with Gasteiger partial charge < -0.3 is 19.8 Å². The van der Waals surface area contributed by atoms with Crippen molar-refractivity contribution in [3.05, 3.63) is 24.3 Å². The highest BCUT2D eigenvalue weighted by atomic mass is 31.2. The lowest BCUT2D eigenvalue weighted by Gasteiger charge is -2.26. The topological polar surface area (TPSA) is 105 Å². The van der Waals surface area contributed by atoms with E-state index in [2.05, 4.69) is 43.5 Å². The van der Waals surface area contributed by atoms with Gasteiger partial charge in [0.25, 0.3) is 0 Å². The molecule has 0 aromatic carbocycles. The third-order valence-corrected chi connectivity index (χ3v) is 12.4. The molecule has 0 bridgehead atoms. The van der Waals surface area contributed by atoms with Gasteiger partial charge in [0, 0.05) is 6.42 Å². The van der Waals surface area contributed by atoms with E-state index < -0.39 is 20.0 Å². The van der Waals surface area contributed by atoms with E-state index in [1.54, 1.807) is 0 Å². The zero-order valence-electron chi connectivity index (χ0n) is 39.8. The highest BCUT2D eigenvalue weighted by molar-refractivity contribution is 7.47. The summed E-state index contributed by atoms with van der Waals surface area (Å²) in [5, 5.41) is 13.9. The van der Waals surface area contributed by atoms with Gasteiger partial charge in [-0.3, -0.25) is 13.8 Å². The fourth-order valence-electron chi connectivity index (χ4n) is 7.43. The van der Waals surface area contributed by atoms with Crippen molar-refractivity contribution in [1.29, 1.82) is 0 Å². The molecular weight excluding hydrogens is 756 g/mol. The van der Waals surface area contributed by atoms with E-state index in [9.17, 15) is 19.4 Å². The Morgan fingerprint density at radius 1 is 0.576 bits per heavy atom. The van der Waals surface area contributed by atoms with Gasteiger partial charge in [-0.05, 0) is 44.9 Å². The average Bonchev–Trinajstić information content (AvgIpc) is 3.19. The quantitative estimate of drug-likeness (QED) is 0.0244. The van der Waals surface area contributed by atoms with Crippen LogP contribution in [0.2, 0.25) is 0 Å². The summed E-state index contributed by atoms with van der Waals surface area (Å²) in [6.07, 6.45) is 51.0. The lowest BCUT2D eigenvalue weighted by Crippen LogP contribution is -2.46. The van der Waals surface area contributed by atoms with Crippen molar-refractivity contribution in [2.75, 3.05) is 40.9 Å². The normalized spacial score (nSPS) is 14.4. The van der Waals surface area contributed by atoms with Gasteiger partial charge in [-0.2, -0.15) is 0 Å². The molecule has 0 heterocycles. The molecule has 0 rings (SSSR count). The van der Waals surface area contributed by atoms with Crippen molar-refractivity contribution in [3.8, 4) is 0 Å². The molecule has 8 nitrogen and oxygen atoms in total. The van der Waals surface area contributed by atoms with Crippen LogP contribution in [0.15, 0.2) is 24.3 Å². The second kappa shape index (κ2) is 42.3. The van der Waals surface area contributed by atoms with E-state index in [-0.39, 0.29) is 19.1 Å². The summed E-state index contributed by atoms with van der Waals surface area (Å²) in [6, 6.07) is -0.755. The van der Waals surface area contributed by atoms with E-state index in [0.717, 1.165) is 44.9 Å². The molecule has 0 saturated heterocycles. The van der Waals surface area contributed by atoms with Crippen LogP contribution in [0.4, 0.5) is 0 Å². The number of unbranched alkanes of at least 4 members (excludes halogenated alkanes) is 29. The largest absolute Gasteiger partial charge is 0.472 e. The van der Waals surface area contributed by atoms with Crippen molar-refractivity contribution < 1.29 is 32.9 Å². The molecule has 0 spiro atoms. The first kappa shape index (κ1) is 58.0. The summed E-state index contributed by atoms with van der Waals surface area (Å²) in [5.41, 5.74) is 0. The Balaban J connectivity index is 3.96. The van der Waals surface area contributed by atoms with Crippen molar-refractivity contribution in [3.63, 3.8) is 0 Å². The summed E-state index contributed by atoms with van der Waals surface area (Å²) in [7, 11) is 1.62. The molecule has 9 heteroatoms. The Bertz CT molecular complexity index is 1020. The fraction of sp³-hybridized carbons (Fsp3) is 0.900. The van der Waals surface area contributed by atoms with Gasteiger partial charge in [-0.25, -0.2) is 4.57 Å². The number of amides is 1. The van der Waals surface area contributed by atoms with Crippen LogP contribution in [0.25, 0.3) is 0 Å². The number of rotatable bonds is 46. The summed E-state index contributed by atoms with van der Waals surface area (Å²) in [4.78, 5) is 23.1. The lowest BCUT2D eigenvalue weighted by atomic mass is 10.0. The minimum absolute atomic E-state index is 0.0759. The SMILES string of the molecule is CCCCCCC/C=C\C/C=C\CCCCCCCCCCCCCCCCCCCC(=O)NC(COP(=O)(O)OCC[N+](C)(C)C)C(O)CCCCCCCCCC. The molecule has 0 aliphatic rings. The highest BCUT2D eigenvalue weighted by Gasteiger charge is 2.28. The third-order valence-electron chi connectivity index (χ3n) is 11.5. The number of carbonyl (C=O) groups is 1. The zero-order chi connectivity index (χ0) is 43.6. The van der Waals surface area contributed by atoms with Gasteiger partial charge >= 0.3 is 7.82 Å². The maximum atomic E-state index is 12.9. The second-order valence-corrected chi connectivity index (χ2v) is 20.0. The summed E-state index contributed by atoms with van der Waals surface area (Å²) >= 11 is 0. The Morgan fingerprint density at radius 2 is 0.966 bits per heavy atom. The number of nitrogens with one attached hydrogen (secondary N) is 1. The van der Waals surface area contributed by atoms with Crippen LogP contribution in [0.1, 0.15) is 239 Å². The van der Waals surface area contributed by atoms with Crippen LogP contribution in [-0.2, 0) is 18.4 Å². The van der Waals surface area contributed by atoms with E-state index in [1.165, 1.54) is 167 Å². The number of quaternary nitrogens is 1. The van der Waals surface area contributed by atoms with Crippen LogP contribution in [0.5, 0.6) is 0 Å². The van der Waals surface area contributed by atoms with Crippen LogP contribution in [0.3, 0.4) is 0 Å². The molecule has 3 unspecified atom stereocenters. The molecule has 59 heavy (non-hydrogen) atoms. The van der Waals surface area contributed by atoms with Gasteiger partial charge in [-0.1, -0.05) is 212 Å². The standard InChI is InChI=1S/C50H99N2O6P/c1-6-8-10-12-14-16-17-18-19-20-21-22-23-24-25-26-27-28-29-30-31-32-33-34-35-36-38-40-42-44-50(54)51-48(47-58-59(55,56)57-46-45-52(3,4)5)49(53)43-41-39-37-15-13-11-9-7-2/h17-18,20-21,48-49,53H,6-16,19,22-47H2,1-5H3,(H-,51,54,55,56)/p+1/b18-17-,21-20-. The Kier molecular flexibility index (Phi) is 41.6. The second-order valence-electron chi connectivity index (χ2n) is 18.5. The number of aliphatic hydroxyl groups is 1. The minimum Gasteiger partial charge on any atom is -0.391 e. The Morgan fingerprint density at radius 3 is 1.39 bits per heavy atom. The number of carbonyl (C=O) groups excluding carboxylic acids is 1. The number of phosphoric acid groups is 1. The zero-order valence-corrected chi connectivity index (χ0v) is 40.7. The molecule has 0 aliphatic carbocycles. The first-order valence-corrected chi connectivity index (χ1v) is 26.7. The van der Waals surface area contributed by atoms with E-state index in [4.69, 9.17) is 9.05 Å². The maximum Gasteiger partial charge on any atom is 0.472 e. The average molecular weight is 856 g/mol. The smallest absolute Gasteiger partial charge is 0.391 e. The number of allylic oxidation sites excluding steroid dienone is 4. The van der Waals surface area contributed by atoms with Gasteiger partial charge in [-0.15, -0.1) is 0 Å². The van der Waals surface area contributed by atoms with Crippen LogP contribution < -0.4 is 5.32 Å². The summed E-state index contributed by atoms with van der Waals surface area (Å²) < 4.78 is 23.6. The predicted octanol–water partition coefficient (Wildman–Crippen LogP) is 14.5. The number of likely N-dealkylation sites (N-methyl/N-ethyl adjacent to an activating group) is 1. The third kappa shape index (κ3) is 44.8. The van der Waals surface area contributed by atoms with E-state index in [1.807, 2.05) is 21.1 Å². The summed E-state index contributed by atoms with van der Waals surface area (Å²) in [5.74, 6) is -0.145. The monoisotopic (exact) mass is 856 g/mol. The predicted molar refractivity (Wildman–Crippen MR) is 254 cm³/mol. The van der Waals surface area contributed by atoms with Crippen LogP contribution in [0, 0.1) is 0 Å². The molecular formula is C50H100N2O6P+. The van der Waals surface area contributed by atoms with Gasteiger partial charge in [0.15, 0.2) is 0 Å². The van der Waals surface area contributed by atoms with Crippen LogP contribution >= 0.6 is 7.82 Å². The highest BCUT2D eigenvalue weighted by Crippen LogP contribution is 2.43. The summed E-state index contributed by atoms with van der Waals surface area (Å²) in [6.45, 7) is 4.85. The molecule has 0 aliphatic heterocycles. The molecule has 0 aromatic rings. The number of nitrogens with zero attached hydrogens (tertiary/aromatic N) is 1. The molecule has 1 amide bonds. The van der Waals surface area contributed by atoms with Crippen molar-refractivity contribution >= 4 is 13.7 Å². The maximum absolute atomic E-state index is 12.9. The van der Waals surface area contributed by atoms with Crippen molar-refractivity contribution in [1.82, 2.24) is 5.32 Å². The first-order valence-electron chi connectivity index (χ1n) is 25.2. The van der Waals surface area contributed by atoms with Crippen molar-refractivity contribution in [2.24, 2.45) is 0 Å². The molecule has 3 N–H and O–H groups in total. The number of hydrogen-bond donors (Lipinski definition) is 3. The van der Waals surface area contributed by atoms with Crippen molar-refractivity contribution in [2.45, 2.75) is 251 Å². The number of hydrogen-bond acceptors (Lipinski definition) is 5. The molecule has 0 saturated carbocycles. The number of aliphatic hydroxyl groups excluding tert-OH is 1. The minimum atomic E-state index is -4.30.